The van der Waals surface area contributed by atoms with Gasteiger partial charge in [-0.05, 0) is 43.2 Å². The van der Waals surface area contributed by atoms with Gasteiger partial charge in [0.2, 0.25) is 5.95 Å². The molecule has 1 aliphatic rings. The number of nitrogens with two attached hydrogens (primary N) is 2. The first-order valence-corrected chi connectivity index (χ1v) is 8.81. The van der Waals surface area contributed by atoms with Gasteiger partial charge in [-0.15, -0.1) is 0 Å². The van der Waals surface area contributed by atoms with Gasteiger partial charge in [0, 0.05) is 18.3 Å². The molecule has 0 radical (unpaired) electrons. The Morgan fingerprint density at radius 1 is 1.20 bits per heavy atom. The van der Waals surface area contributed by atoms with Crippen molar-refractivity contribution in [3.63, 3.8) is 0 Å². The van der Waals surface area contributed by atoms with Crippen molar-refractivity contribution in [3.8, 4) is 11.1 Å². The smallest absolute Gasteiger partial charge is 0.221 e. The molecule has 1 aromatic carbocycles. The number of nitrogens with zero attached hydrogens (tertiary/aromatic N) is 2. The zero-order valence-corrected chi connectivity index (χ0v) is 15.1. The molecular weight excluding hydrogens is 314 g/mol. The van der Waals surface area contributed by atoms with Gasteiger partial charge in [-0.1, -0.05) is 31.2 Å². The van der Waals surface area contributed by atoms with Gasteiger partial charge in [0.15, 0.2) is 0 Å². The lowest BCUT2D eigenvalue weighted by molar-refractivity contribution is -0.0376. The molecule has 3 atom stereocenters. The number of aromatic nitrogens is 2. The first kappa shape index (κ1) is 17.6. The van der Waals surface area contributed by atoms with E-state index in [-0.39, 0.29) is 18.3 Å². The zero-order valence-electron chi connectivity index (χ0n) is 15.1. The Bertz CT molecular complexity index is 734. The number of nitrogens with one attached hydrogen (secondary N) is 1. The minimum Gasteiger partial charge on any atom is -0.383 e. The van der Waals surface area contributed by atoms with Crippen LogP contribution in [0.2, 0.25) is 0 Å². The van der Waals surface area contributed by atoms with Crippen molar-refractivity contribution in [1.82, 2.24) is 15.3 Å². The van der Waals surface area contributed by atoms with Gasteiger partial charge in [0.25, 0.3) is 0 Å². The number of benzene rings is 1. The summed E-state index contributed by atoms with van der Waals surface area (Å²) in [6.45, 7) is 7.32. The van der Waals surface area contributed by atoms with Crippen LogP contribution in [0.4, 0.5) is 11.8 Å². The molecule has 6 heteroatoms. The lowest BCUT2D eigenvalue weighted by Gasteiger charge is -2.37. The molecule has 25 heavy (non-hydrogen) atoms. The van der Waals surface area contributed by atoms with Gasteiger partial charge in [0.05, 0.1) is 6.10 Å². The summed E-state index contributed by atoms with van der Waals surface area (Å²) < 4.78 is 6.00. The van der Waals surface area contributed by atoms with E-state index in [1.807, 2.05) is 6.07 Å². The normalized spacial score (nSPS) is 23.8. The second-order valence-electron chi connectivity index (χ2n) is 7.02. The Labute approximate surface area is 149 Å². The second kappa shape index (κ2) is 7.37. The number of nitrogen functional groups attached to an aromatic ring is 2. The summed E-state index contributed by atoms with van der Waals surface area (Å²) in [6, 6.07) is 8.33. The summed E-state index contributed by atoms with van der Waals surface area (Å²) in [7, 11) is 0. The fourth-order valence-corrected chi connectivity index (χ4v) is 3.55. The van der Waals surface area contributed by atoms with Crippen molar-refractivity contribution in [2.24, 2.45) is 5.92 Å². The van der Waals surface area contributed by atoms with Gasteiger partial charge in [-0.2, -0.15) is 4.98 Å². The summed E-state index contributed by atoms with van der Waals surface area (Å²) in [5, 5.41) is 3.49. The molecule has 6 nitrogen and oxygen atoms in total. The molecule has 0 saturated carbocycles. The van der Waals surface area contributed by atoms with Crippen LogP contribution in [0.15, 0.2) is 30.5 Å². The van der Waals surface area contributed by atoms with E-state index < -0.39 is 0 Å². The van der Waals surface area contributed by atoms with Gasteiger partial charge in [-0.25, -0.2) is 4.98 Å². The molecule has 0 spiro atoms. The van der Waals surface area contributed by atoms with Crippen LogP contribution >= 0.6 is 0 Å². The van der Waals surface area contributed by atoms with Crippen LogP contribution in [0, 0.1) is 5.92 Å². The fraction of sp³-hybridized carbons (Fsp3) is 0.474. The third-order valence-electron chi connectivity index (χ3n) is 4.75. The quantitative estimate of drug-likeness (QED) is 0.791. The molecule has 5 N–H and O–H groups in total. The molecule has 1 saturated heterocycles. The van der Waals surface area contributed by atoms with E-state index in [0.29, 0.717) is 17.7 Å². The predicted molar refractivity (Wildman–Crippen MR) is 101 cm³/mol. The molecule has 0 aliphatic carbocycles. The molecule has 134 valence electrons. The molecule has 2 heterocycles. The van der Waals surface area contributed by atoms with Crippen molar-refractivity contribution in [3.05, 3.63) is 36.0 Å². The third kappa shape index (κ3) is 3.91. The Hall–Kier alpha value is -2.18. The Balaban J connectivity index is 1.96. The Morgan fingerprint density at radius 3 is 2.68 bits per heavy atom. The Kier molecular flexibility index (Phi) is 5.20. The molecule has 1 aliphatic heterocycles. The number of ether oxygens (including phenoxy) is 1. The van der Waals surface area contributed by atoms with E-state index in [9.17, 15) is 0 Å². The minimum atomic E-state index is 0.0641. The minimum absolute atomic E-state index is 0.0641. The maximum absolute atomic E-state index is 6.11. The van der Waals surface area contributed by atoms with Crippen LogP contribution in [0.3, 0.4) is 0 Å². The lowest BCUT2D eigenvalue weighted by atomic mass is 9.78. The highest BCUT2D eigenvalue weighted by molar-refractivity contribution is 5.76. The van der Waals surface area contributed by atoms with Crippen molar-refractivity contribution in [1.29, 1.82) is 0 Å². The van der Waals surface area contributed by atoms with Crippen molar-refractivity contribution in [2.45, 2.75) is 45.4 Å². The summed E-state index contributed by atoms with van der Waals surface area (Å²) in [5.74, 6) is 1.47. The highest BCUT2D eigenvalue weighted by Gasteiger charge is 2.31. The van der Waals surface area contributed by atoms with Crippen LogP contribution < -0.4 is 16.8 Å². The van der Waals surface area contributed by atoms with E-state index >= 15 is 0 Å². The summed E-state index contributed by atoms with van der Waals surface area (Å²) in [6.07, 6.45) is 2.90. The third-order valence-corrected chi connectivity index (χ3v) is 4.75. The van der Waals surface area contributed by atoms with Gasteiger partial charge < -0.3 is 16.2 Å². The molecule has 0 amide bonds. The molecule has 2 aromatic rings. The van der Waals surface area contributed by atoms with Crippen LogP contribution in [0.1, 0.15) is 38.7 Å². The monoisotopic (exact) mass is 341 g/mol. The average Bonchev–Trinajstić information content (AvgIpc) is 2.56. The first-order chi connectivity index (χ1) is 12.0. The number of hydrogen-bond acceptors (Lipinski definition) is 6. The largest absolute Gasteiger partial charge is 0.383 e. The highest BCUT2D eigenvalue weighted by Crippen LogP contribution is 2.39. The highest BCUT2D eigenvalue weighted by atomic mass is 16.5. The topological polar surface area (TPSA) is 99.1 Å². The van der Waals surface area contributed by atoms with Crippen LogP contribution in [-0.2, 0) is 4.74 Å². The second-order valence-corrected chi connectivity index (χ2v) is 7.02. The Morgan fingerprint density at radius 2 is 1.96 bits per heavy atom. The van der Waals surface area contributed by atoms with E-state index in [4.69, 9.17) is 16.2 Å². The van der Waals surface area contributed by atoms with Gasteiger partial charge >= 0.3 is 0 Å². The number of rotatable bonds is 4. The first-order valence-electron chi connectivity index (χ1n) is 8.81. The number of piperidine rings is 1. The van der Waals surface area contributed by atoms with Crippen molar-refractivity contribution < 1.29 is 4.74 Å². The van der Waals surface area contributed by atoms with Crippen LogP contribution in [-0.4, -0.2) is 28.8 Å². The summed E-state index contributed by atoms with van der Waals surface area (Å²) in [4.78, 5) is 8.24. The zero-order chi connectivity index (χ0) is 18.0. The molecule has 1 fully saturated rings. The maximum Gasteiger partial charge on any atom is 0.221 e. The maximum atomic E-state index is 6.11. The van der Waals surface area contributed by atoms with Gasteiger partial charge in [0.1, 0.15) is 12.0 Å². The molecular formula is C19H27N5O. The SMILES string of the molecule is CC(C)OC1CC(c2ccccc2-c2cnc(N)nc2N)C(C)CN1. The van der Waals surface area contributed by atoms with E-state index in [1.165, 1.54) is 5.56 Å². The average molecular weight is 341 g/mol. The lowest BCUT2D eigenvalue weighted by Crippen LogP contribution is -2.44. The van der Waals surface area contributed by atoms with Crippen LogP contribution in [0.5, 0.6) is 0 Å². The van der Waals surface area contributed by atoms with Crippen molar-refractivity contribution >= 4 is 11.8 Å². The summed E-state index contributed by atoms with van der Waals surface area (Å²) >= 11 is 0. The van der Waals surface area contributed by atoms with Crippen molar-refractivity contribution in [2.75, 3.05) is 18.0 Å². The summed E-state index contributed by atoms with van der Waals surface area (Å²) in [5.41, 5.74) is 14.9. The van der Waals surface area contributed by atoms with Gasteiger partial charge in [-0.3, -0.25) is 5.32 Å². The molecule has 3 rings (SSSR count). The molecule has 3 unspecified atom stereocenters. The molecule has 0 bridgehead atoms. The fourth-order valence-electron chi connectivity index (χ4n) is 3.55. The van der Waals surface area contributed by atoms with E-state index in [1.54, 1.807) is 6.20 Å². The number of hydrogen-bond donors (Lipinski definition) is 3. The predicted octanol–water partition coefficient (Wildman–Crippen LogP) is 2.77. The molecule has 1 aromatic heterocycles. The van der Waals surface area contributed by atoms with E-state index in [2.05, 4.69) is 54.3 Å². The van der Waals surface area contributed by atoms with E-state index in [0.717, 1.165) is 24.1 Å². The number of anilines is 2. The standard InChI is InChI=1S/C19H27N5O/c1-11(2)25-17-8-15(12(3)9-22-17)13-6-4-5-7-14(13)16-10-23-19(21)24-18(16)20/h4-7,10-12,15,17,22H,8-9H2,1-3H3,(H4,20,21,23,24). The van der Waals surface area contributed by atoms with Crippen LogP contribution in [0.25, 0.3) is 11.1 Å².